The van der Waals surface area contributed by atoms with E-state index in [4.69, 9.17) is 0 Å². The third-order valence-corrected chi connectivity index (χ3v) is 3.87. The van der Waals surface area contributed by atoms with Crippen LogP contribution in [-0.2, 0) is 6.54 Å². The van der Waals surface area contributed by atoms with Gasteiger partial charge < -0.3 is 9.67 Å². The molecule has 0 bridgehead atoms. The summed E-state index contributed by atoms with van der Waals surface area (Å²) in [5.74, 6) is -1.28. The summed E-state index contributed by atoms with van der Waals surface area (Å²) >= 11 is 0. The van der Waals surface area contributed by atoms with Gasteiger partial charge in [0, 0.05) is 12.1 Å². The van der Waals surface area contributed by atoms with Gasteiger partial charge in [0.15, 0.2) is 11.6 Å². The molecule has 114 valence electrons. The highest BCUT2D eigenvalue weighted by molar-refractivity contribution is 5.82. The number of imidazole rings is 1. The van der Waals surface area contributed by atoms with Crippen molar-refractivity contribution in [3.63, 3.8) is 0 Å². The number of benzene rings is 2. The molecule has 3 aromatic rings. The maximum atomic E-state index is 13.5. The number of halogens is 2. The van der Waals surface area contributed by atoms with Crippen LogP contribution in [0.4, 0.5) is 8.78 Å². The van der Waals surface area contributed by atoms with Crippen LogP contribution in [0.5, 0.6) is 0 Å². The first-order chi connectivity index (χ1) is 10.5. The van der Waals surface area contributed by atoms with Crippen molar-refractivity contribution in [2.75, 3.05) is 6.61 Å². The topological polar surface area (TPSA) is 38.0 Å². The molecule has 0 fully saturated rings. The number of hydrogen-bond acceptors (Lipinski definition) is 2. The van der Waals surface area contributed by atoms with E-state index in [1.807, 2.05) is 30.5 Å². The van der Waals surface area contributed by atoms with Crippen LogP contribution in [0.3, 0.4) is 0 Å². The Labute approximate surface area is 126 Å². The lowest BCUT2D eigenvalue weighted by atomic mass is 10.1. The van der Waals surface area contributed by atoms with Gasteiger partial charge in [-0.1, -0.05) is 0 Å². The molecule has 0 spiro atoms. The van der Waals surface area contributed by atoms with Crippen molar-refractivity contribution in [1.82, 2.24) is 9.55 Å². The summed E-state index contributed by atoms with van der Waals surface area (Å²) < 4.78 is 28.5. The quantitative estimate of drug-likeness (QED) is 0.803. The Balaban J connectivity index is 2.27. The average molecular weight is 302 g/mol. The molecule has 0 atom stereocenters. The number of aromatic nitrogens is 2. The van der Waals surface area contributed by atoms with Crippen LogP contribution in [-0.4, -0.2) is 21.3 Å². The molecule has 0 radical (unpaired) electrons. The predicted octanol–water partition coefficient (Wildman–Crippen LogP) is 3.59. The van der Waals surface area contributed by atoms with Crippen LogP contribution in [0.25, 0.3) is 22.4 Å². The Morgan fingerprint density at radius 3 is 2.45 bits per heavy atom. The van der Waals surface area contributed by atoms with Crippen molar-refractivity contribution in [3.8, 4) is 11.4 Å². The summed E-state index contributed by atoms with van der Waals surface area (Å²) in [5, 5.41) is 9.31. The van der Waals surface area contributed by atoms with Gasteiger partial charge in [-0.25, -0.2) is 13.8 Å². The molecule has 3 rings (SSSR count). The molecular formula is C17H16F2N2O. The van der Waals surface area contributed by atoms with E-state index in [9.17, 15) is 13.9 Å². The molecule has 0 unspecified atom stereocenters. The zero-order valence-corrected chi connectivity index (χ0v) is 12.4. The van der Waals surface area contributed by atoms with Crippen LogP contribution in [0, 0.1) is 25.5 Å². The molecule has 1 heterocycles. The smallest absolute Gasteiger partial charge is 0.159 e. The molecule has 22 heavy (non-hydrogen) atoms. The zero-order valence-electron chi connectivity index (χ0n) is 12.4. The largest absolute Gasteiger partial charge is 0.395 e. The third-order valence-electron chi connectivity index (χ3n) is 3.87. The fraction of sp³-hybridized carbons (Fsp3) is 0.235. The van der Waals surface area contributed by atoms with E-state index in [2.05, 4.69) is 4.98 Å². The van der Waals surface area contributed by atoms with Gasteiger partial charge in [0.05, 0.1) is 17.6 Å². The number of aliphatic hydroxyl groups excluding tert-OH is 1. The van der Waals surface area contributed by atoms with Crippen LogP contribution < -0.4 is 0 Å². The van der Waals surface area contributed by atoms with Gasteiger partial charge in [0.2, 0.25) is 0 Å². The minimum atomic E-state index is -0.910. The molecule has 0 aliphatic heterocycles. The van der Waals surface area contributed by atoms with Gasteiger partial charge in [0.25, 0.3) is 0 Å². The molecular weight excluding hydrogens is 286 g/mol. The van der Waals surface area contributed by atoms with Gasteiger partial charge in [-0.05, 0) is 55.3 Å². The molecule has 1 aromatic heterocycles. The summed E-state index contributed by atoms with van der Waals surface area (Å²) in [6.07, 6.45) is 0. The number of nitrogens with zero attached hydrogens (tertiary/aromatic N) is 2. The first kappa shape index (κ1) is 14.7. The molecule has 0 amide bonds. The second-order valence-electron chi connectivity index (χ2n) is 5.36. The fourth-order valence-electron chi connectivity index (χ4n) is 2.56. The van der Waals surface area contributed by atoms with Crippen molar-refractivity contribution in [2.45, 2.75) is 20.4 Å². The Kier molecular flexibility index (Phi) is 3.66. The summed E-state index contributed by atoms with van der Waals surface area (Å²) in [7, 11) is 0. The van der Waals surface area contributed by atoms with E-state index >= 15 is 0 Å². The highest BCUT2D eigenvalue weighted by Crippen LogP contribution is 2.27. The molecule has 3 nitrogen and oxygen atoms in total. The first-order valence-electron chi connectivity index (χ1n) is 7.05. The molecule has 0 saturated heterocycles. The van der Waals surface area contributed by atoms with E-state index < -0.39 is 11.6 Å². The average Bonchev–Trinajstić information content (AvgIpc) is 2.81. The van der Waals surface area contributed by atoms with Crippen LogP contribution in [0.1, 0.15) is 11.1 Å². The number of aliphatic hydroxyl groups is 1. The minimum Gasteiger partial charge on any atom is -0.395 e. The van der Waals surface area contributed by atoms with Gasteiger partial charge in [-0.15, -0.1) is 0 Å². The van der Waals surface area contributed by atoms with Gasteiger partial charge >= 0.3 is 0 Å². The lowest BCUT2D eigenvalue weighted by Gasteiger charge is -2.08. The Morgan fingerprint density at radius 1 is 1.05 bits per heavy atom. The summed E-state index contributed by atoms with van der Waals surface area (Å²) in [6, 6.07) is 7.67. The maximum absolute atomic E-state index is 13.5. The Hall–Kier alpha value is -2.27. The van der Waals surface area contributed by atoms with Crippen molar-refractivity contribution >= 4 is 11.0 Å². The van der Waals surface area contributed by atoms with E-state index in [-0.39, 0.29) is 6.61 Å². The molecule has 0 saturated carbocycles. The van der Waals surface area contributed by atoms with E-state index in [0.29, 0.717) is 17.9 Å². The Morgan fingerprint density at radius 2 is 1.77 bits per heavy atom. The van der Waals surface area contributed by atoms with Crippen LogP contribution in [0.15, 0.2) is 30.3 Å². The van der Waals surface area contributed by atoms with Crippen molar-refractivity contribution < 1.29 is 13.9 Å². The monoisotopic (exact) mass is 302 g/mol. The molecule has 0 aliphatic rings. The first-order valence-corrected chi connectivity index (χ1v) is 7.05. The summed E-state index contributed by atoms with van der Waals surface area (Å²) in [6.45, 7) is 4.28. The molecule has 0 aliphatic carbocycles. The number of fused-ring (bicyclic) bond motifs is 1. The Bertz CT molecular complexity index is 855. The lowest BCUT2D eigenvalue weighted by molar-refractivity contribution is 0.278. The third kappa shape index (κ3) is 2.37. The van der Waals surface area contributed by atoms with Crippen LogP contribution >= 0.6 is 0 Å². The molecule has 5 heteroatoms. The van der Waals surface area contributed by atoms with Crippen molar-refractivity contribution in [1.29, 1.82) is 0 Å². The summed E-state index contributed by atoms with van der Waals surface area (Å²) in [5.41, 5.74) is 4.36. The van der Waals surface area contributed by atoms with Gasteiger partial charge in [0.1, 0.15) is 5.82 Å². The highest BCUT2D eigenvalue weighted by Gasteiger charge is 2.15. The van der Waals surface area contributed by atoms with E-state index in [0.717, 1.165) is 34.3 Å². The van der Waals surface area contributed by atoms with Crippen LogP contribution in [0.2, 0.25) is 0 Å². The number of rotatable bonds is 3. The molecule has 2 aromatic carbocycles. The highest BCUT2D eigenvalue weighted by atomic mass is 19.2. The standard InChI is InChI=1S/C17H16F2N2O/c1-10-7-15-16(8-11(10)2)21(5-6-22)17(20-15)12-3-4-13(18)14(19)9-12/h3-4,7-9,22H,5-6H2,1-2H3. The van der Waals surface area contributed by atoms with Gasteiger partial charge in [-0.3, -0.25) is 0 Å². The van der Waals surface area contributed by atoms with E-state index in [1.165, 1.54) is 6.07 Å². The maximum Gasteiger partial charge on any atom is 0.159 e. The zero-order chi connectivity index (χ0) is 15.9. The second kappa shape index (κ2) is 5.50. The predicted molar refractivity (Wildman–Crippen MR) is 81.6 cm³/mol. The number of aryl methyl sites for hydroxylation is 2. The SMILES string of the molecule is Cc1cc2nc(-c3ccc(F)c(F)c3)n(CCO)c2cc1C. The van der Waals surface area contributed by atoms with E-state index in [1.54, 1.807) is 0 Å². The normalized spacial score (nSPS) is 11.3. The fourth-order valence-corrected chi connectivity index (χ4v) is 2.56. The summed E-state index contributed by atoms with van der Waals surface area (Å²) in [4.78, 5) is 4.54. The second-order valence-corrected chi connectivity index (χ2v) is 5.36. The molecule has 1 N–H and O–H groups in total. The number of hydrogen-bond donors (Lipinski definition) is 1. The minimum absolute atomic E-state index is 0.0605. The van der Waals surface area contributed by atoms with Crippen molar-refractivity contribution in [3.05, 3.63) is 53.1 Å². The van der Waals surface area contributed by atoms with Gasteiger partial charge in [-0.2, -0.15) is 0 Å². The van der Waals surface area contributed by atoms with Crippen molar-refractivity contribution in [2.24, 2.45) is 0 Å². The lowest BCUT2D eigenvalue weighted by Crippen LogP contribution is -2.04.